The number of carboxylic acid groups (broad SMARTS) is 1. The summed E-state index contributed by atoms with van der Waals surface area (Å²) in [4.78, 5) is 45.2. The molecule has 4 aromatic rings. The normalized spacial score (nSPS) is 16.2. The Bertz CT molecular complexity index is 1600. The number of anilines is 2. The van der Waals surface area contributed by atoms with Gasteiger partial charge in [-0.2, -0.15) is 14.4 Å². The molecule has 2 aromatic heterocycles. The second-order valence-corrected chi connectivity index (χ2v) is 9.25. The summed E-state index contributed by atoms with van der Waals surface area (Å²) in [7, 11) is 0. The highest BCUT2D eigenvalue weighted by molar-refractivity contribution is 6.30. The fourth-order valence-corrected chi connectivity index (χ4v) is 4.11. The van der Waals surface area contributed by atoms with E-state index in [0.717, 1.165) is 10.1 Å². The summed E-state index contributed by atoms with van der Waals surface area (Å²) in [6, 6.07) is 17.6. The maximum absolute atomic E-state index is 13.4. The van der Waals surface area contributed by atoms with Crippen molar-refractivity contribution >= 4 is 29.2 Å². The predicted molar refractivity (Wildman–Crippen MR) is 137 cm³/mol. The first-order valence-corrected chi connectivity index (χ1v) is 12.0. The number of benzene rings is 2. The first kappa shape index (κ1) is 25.2. The van der Waals surface area contributed by atoms with Crippen molar-refractivity contribution in [1.82, 2.24) is 19.1 Å². The van der Waals surface area contributed by atoms with E-state index in [1.54, 1.807) is 48.5 Å². The second kappa shape index (κ2) is 10.5. The molecule has 0 aliphatic heterocycles. The van der Waals surface area contributed by atoms with Crippen LogP contribution in [0.3, 0.4) is 0 Å². The van der Waals surface area contributed by atoms with Crippen LogP contribution in [0.15, 0.2) is 76.3 Å². The van der Waals surface area contributed by atoms with Gasteiger partial charge in [0.05, 0.1) is 12.5 Å². The summed E-state index contributed by atoms with van der Waals surface area (Å²) in [6.07, 6.45) is 0.401. The first-order valence-electron chi connectivity index (χ1n) is 11.6. The van der Waals surface area contributed by atoms with E-state index in [1.165, 1.54) is 22.8 Å². The lowest BCUT2D eigenvalue weighted by Gasteiger charge is -2.16. The number of hydrogen-bond acceptors (Lipinski definition) is 7. The number of rotatable bonds is 9. The molecule has 1 fully saturated rings. The van der Waals surface area contributed by atoms with E-state index in [1.807, 2.05) is 0 Å². The monoisotopic (exact) mass is 537 g/mol. The van der Waals surface area contributed by atoms with E-state index in [9.17, 15) is 23.9 Å². The smallest absolute Gasteiger partial charge is 0.354 e. The SMILES string of the molecule is O=C(O)[C@@H]1C[C@H]1Cn1c(=O)nc(Nc2ccc(Oc3cccc(F)n3)cc2)n(Cc2ccc(Cl)cc2)c1=O. The van der Waals surface area contributed by atoms with Crippen LogP contribution < -0.4 is 21.4 Å². The molecule has 12 heteroatoms. The van der Waals surface area contributed by atoms with Crippen molar-refractivity contribution in [3.8, 4) is 11.6 Å². The molecule has 0 radical (unpaired) electrons. The molecule has 194 valence electrons. The Hall–Kier alpha value is -4.51. The van der Waals surface area contributed by atoms with Gasteiger partial charge >= 0.3 is 17.3 Å². The molecule has 2 atom stereocenters. The Morgan fingerprint density at radius 1 is 1.05 bits per heavy atom. The van der Waals surface area contributed by atoms with Gasteiger partial charge in [0.2, 0.25) is 17.8 Å². The summed E-state index contributed by atoms with van der Waals surface area (Å²) in [5.41, 5.74) is -0.145. The molecule has 2 aromatic carbocycles. The number of nitrogens with one attached hydrogen (secondary N) is 1. The van der Waals surface area contributed by atoms with E-state index in [4.69, 9.17) is 16.3 Å². The number of nitrogens with zero attached hydrogens (tertiary/aromatic N) is 4. The topological polar surface area (TPSA) is 128 Å². The lowest BCUT2D eigenvalue weighted by atomic mass is 10.2. The molecule has 0 unspecified atom stereocenters. The zero-order valence-electron chi connectivity index (χ0n) is 19.8. The van der Waals surface area contributed by atoms with Gasteiger partial charge in [0.15, 0.2) is 0 Å². The number of hydrogen-bond donors (Lipinski definition) is 2. The Morgan fingerprint density at radius 2 is 1.79 bits per heavy atom. The van der Waals surface area contributed by atoms with Crippen LogP contribution >= 0.6 is 11.6 Å². The molecule has 0 spiro atoms. The van der Waals surface area contributed by atoms with Gasteiger partial charge in [-0.3, -0.25) is 9.36 Å². The number of halogens is 2. The van der Waals surface area contributed by atoms with E-state index in [-0.39, 0.29) is 30.8 Å². The lowest BCUT2D eigenvalue weighted by Crippen LogP contribution is -2.43. The van der Waals surface area contributed by atoms with Crippen molar-refractivity contribution in [2.45, 2.75) is 19.5 Å². The highest BCUT2D eigenvalue weighted by Gasteiger charge is 2.43. The lowest BCUT2D eigenvalue weighted by molar-refractivity contribution is -0.138. The fourth-order valence-electron chi connectivity index (χ4n) is 3.98. The standard InChI is InChI=1S/C26H21ClFN5O5/c27-17-6-4-15(5-7-17)13-32-24(31-25(36)33(26(32)37)14-16-12-20(16)23(34)35)29-18-8-10-19(11-9-18)38-22-3-1-2-21(28)30-22/h1-11,16,20H,12-14H2,(H,34,35)(H,29,31,36)/t16-,20+/m0/s1. The van der Waals surface area contributed by atoms with Crippen LogP contribution in [0.4, 0.5) is 16.0 Å². The van der Waals surface area contributed by atoms with Crippen LogP contribution in [0.25, 0.3) is 0 Å². The van der Waals surface area contributed by atoms with Crippen molar-refractivity contribution in [3.63, 3.8) is 0 Å². The van der Waals surface area contributed by atoms with Crippen LogP contribution in [-0.4, -0.2) is 30.2 Å². The summed E-state index contributed by atoms with van der Waals surface area (Å²) >= 11 is 5.99. The maximum Gasteiger partial charge on any atom is 0.354 e. The molecule has 0 bridgehead atoms. The number of aromatic nitrogens is 4. The van der Waals surface area contributed by atoms with Gasteiger partial charge in [-0.25, -0.2) is 14.2 Å². The maximum atomic E-state index is 13.4. The molecule has 5 rings (SSSR count). The van der Waals surface area contributed by atoms with Crippen molar-refractivity contribution in [2.75, 3.05) is 5.32 Å². The second-order valence-electron chi connectivity index (χ2n) is 8.81. The number of carbonyl (C=O) groups is 1. The van der Waals surface area contributed by atoms with Gasteiger partial charge in [-0.05, 0) is 60.4 Å². The van der Waals surface area contributed by atoms with Gasteiger partial charge in [0, 0.05) is 23.3 Å². The summed E-state index contributed by atoms with van der Waals surface area (Å²) in [5, 5.41) is 12.7. The molecule has 38 heavy (non-hydrogen) atoms. The van der Waals surface area contributed by atoms with Gasteiger partial charge in [0.25, 0.3) is 0 Å². The van der Waals surface area contributed by atoms with Crippen LogP contribution in [0, 0.1) is 17.8 Å². The number of ether oxygens (including phenoxy) is 1. The van der Waals surface area contributed by atoms with Crippen LogP contribution in [0.2, 0.25) is 5.02 Å². The minimum atomic E-state index is -0.948. The fraction of sp³-hybridized carbons (Fsp3) is 0.192. The third-order valence-corrected chi connectivity index (χ3v) is 6.34. The van der Waals surface area contributed by atoms with Crippen molar-refractivity contribution in [1.29, 1.82) is 0 Å². The highest BCUT2D eigenvalue weighted by Crippen LogP contribution is 2.39. The minimum absolute atomic E-state index is 0.0113. The van der Waals surface area contributed by atoms with E-state index in [2.05, 4.69) is 15.3 Å². The van der Waals surface area contributed by atoms with E-state index < -0.39 is 29.2 Å². The number of aliphatic carboxylic acids is 1. The first-order chi connectivity index (χ1) is 18.3. The Labute approximate surface area is 219 Å². The molecule has 0 saturated heterocycles. The summed E-state index contributed by atoms with van der Waals surface area (Å²) < 4.78 is 21.1. The third-order valence-electron chi connectivity index (χ3n) is 6.08. The number of carboxylic acids is 1. The Balaban J connectivity index is 1.43. The van der Waals surface area contributed by atoms with E-state index in [0.29, 0.717) is 22.9 Å². The molecular formula is C26H21ClFN5O5. The zero-order chi connectivity index (χ0) is 26.8. The predicted octanol–water partition coefficient (Wildman–Crippen LogP) is 3.90. The Kier molecular flexibility index (Phi) is 6.93. The van der Waals surface area contributed by atoms with Gasteiger partial charge in [-0.1, -0.05) is 29.8 Å². The minimum Gasteiger partial charge on any atom is -0.481 e. The van der Waals surface area contributed by atoms with Gasteiger partial charge in [-0.15, -0.1) is 0 Å². The van der Waals surface area contributed by atoms with Crippen molar-refractivity contribution < 1.29 is 19.0 Å². The van der Waals surface area contributed by atoms with Crippen molar-refractivity contribution in [3.05, 3.63) is 104 Å². The summed E-state index contributed by atoms with van der Waals surface area (Å²) in [5.74, 6) is -2.00. The average molecular weight is 538 g/mol. The van der Waals surface area contributed by atoms with Crippen molar-refractivity contribution in [2.24, 2.45) is 11.8 Å². The molecule has 1 aliphatic rings. The Morgan fingerprint density at radius 3 is 2.45 bits per heavy atom. The van der Waals surface area contributed by atoms with E-state index >= 15 is 0 Å². The number of pyridine rings is 1. The molecule has 0 amide bonds. The highest BCUT2D eigenvalue weighted by atomic mass is 35.5. The molecule has 1 aliphatic carbocycles. The summed E-state index contributed by atoms with van der Waals surface area (Å²) in [6.45, 7) is 0.0633. The van der Waals surface area contributed by atoms with Gasteiger partial charge in [0.1, 0.15) is 5.75 Å². The van der Waals surface area contributed by atoms with Gasteiger partial charge < -0.3 is 15.2 Å². The average Bonchev–Trinajstić information content (AvgIpc) is 3.66. The molecular weight excluding hydrogens is 517 g/mol. The van der Waals surface area contributed by atoms with Crippen LogP contribution in [-0.2, 0) is 17.9 Å². The molecule has 2 heterocycles. The quantitative estimate of drug-likeness (QED) is 0.308. The van der Waals surface area contributed by atoms with Crippen LogP contribution in [0.5, 0.6) is 11.6 Å². The zero-order valence-corrected chi connectivity index (χ0v) is 20.5. The molecule has 1 saturated carbocycles. The molecule has 10 nitrogen and oxygen atoms in total. The third kappa shape index (κ3) is 5.73. The van der Waals surface area contributed by atoms with Crippen LogP contribution in [0.1, 0.15) is 12.0 Å². The molecule has 2 N–H and O–H groups in total. The largest absolute Gasteiger partial charge is 0.481 e.